The number of pyridine rings is 1. The molecule has 0 aliphatic carbocycles. The highest BCUT2D eigenvalue weighted by Gasteiger charge is 2.01. The number of hydrogen-bond donors (Lipinski definition) is 1. The third kappa shape index (κ3) is 4.59. The summed E-state index contributed by atoms with van der Waals surface area (Å²) in [6, 6.07) is 3.94. The van der Waals surface area contributed by atoms with Crippen molar-refractivity contribution in [3.63, 3.8) is 0 Å². The van der Waals surface area contributed by atoms with E-state index in [1.165, 1.54) is 0 Å². The monoisotopic (exact) mass is 224 g/mol. The van der Waals surface area contributed by atoms with Gasteiger partial charge in [-0.3, -0.25) is 0 Å². The molecule has 0 radical (unpaired) electrons. The van der Waals surface area contributed by atoms with Gasteiger partial charge in [-0.05, 0) is 25.5 Å². The van der Waals surface area contributed by atoms with Gasteiger partial charge < -0.3 is 14.8 Å². The molecular formula is C12H20N2O2. The Labute approximate surface area is 97.0 Å². The van der Waals surface area contributed by atoms with Crippen LogP contribution in [0.1, 0.15) is 18.4 Å². The van der Waals surface area contributed by atoms with Crippen LogP contribution in [-0.4, -0.2) is 32.4 Å². The molecule has 0 aliphatic heterocycles. The van der Waals surface area contributed by atoms with E-state index in [1.54, 1.807) is 20.4 Å². The average molecular weight is 224 g/mol. The highest BCUT2D eigenvalue weighted by Crippen LogP contribution is 2.12. The van der Waals surface area contributed by atoms with Crippen LogP contribution in [0, 0.1) is 0 Å². The molecule has 1 rings (SSSR count). The highest BCUT2D eigenvalue weighted by molar-refractivity contribution is 5.24. The summed E-state index contributed by atoms with van der Waals surface area (Å²) in [5.74, 6) is 0.701. The predicted molar refractivity (Wildman–Crippen MR) is 63.6 cm³/mol. The van der Waals surface area contributed by atoms with Crippen molar-refractivity contribution in [1.82, 2.24) is 10.3 Å². The summed E-state index contributed by atoms with van der Waals surface area (Å²) in [5, 5.41) is 3.36. The number of ether oxygens (including phenoxy) is 2. The molecule has 4 nitrogen and oxygen atoms in total. The average Bonchev–Trinajstić information content (AvgIpc) is 2.34. The fourth-order valence-electron chi connectivity index (χ4n) is 1.46. The Hall–Kier alpha value is -1.13. The maximum Gasteiger partial charge on any atom is 0.217 e. The topological polar surface area (TPSA) is 43.4 Å². The van der Waals surface area contributed by atoms with E-state index in [4.69, 9.17) is 9.47 Å². The van der Waals surface area contributed by atoms with Crippen molar-refractivity contribution in [1.29, 1.82) is 0 Å². The van der Waals surface area contributed by atoms with Crippen LogP contribution < -0.4 is 10.1 Å². The van der Waals surface area contributed by atoms with E-state index >= 15 is 0 Å². The van der Waals surface area contributed by atoms with Gasteiger partial charge in [-0.2, -0.15) is 0 Å². The molecule has 1 aromatic rings. The number of nitrogens with zero attached hydrogens (tertiary/aromatic N) is 1. The van der Waals surface area contributed by atoms with Crippen molar-refractivity contribution in [3.05, 3.63) is 23.9 Å². The fraction of sp³-hybridized carbons (Fsp3) is 0.583. The lowest BCUT2D eigenvalue weighted by Crippen LogP contribution is -2.16. The third-order valence-electron chi connectivity index (χ3n) is 2.31. The predicted octanol–water partition coefficient (Wildman–Crippen LogP) is 1.61. The van der Waals surface area contributed by atoms with Gasteiger partial charge in [0.1, 0.15) is 0 Å². The highest BCUT2D eigenvalue weighted by atomic mass is 16.5. The first-order valence-corrected chi connectivity index (χ1v) is 5.56. The molecule has 0 atom stereocenters. The van der Waals surface area contributed by atoms with Gasteiger partial charge in [0.15, 0.2) is 0 Å². The van der Waals surface area contributed by atoms with Crippen molar-refractivity contribution in [3.8, 4) is 5.88 Å². The fourth-order valence-corrected chi connectivity index (χ4v) is 1.46. The summed E-state index contributed by atoms with van der Waals surface area (Å²) >= 11 is 0. The van der Waals surface area contributed by atoms with Crippen LogP contribution in [0.25, 0.3) is 0 Å². The standard InChI is InChI=1S/C12H20N2O2/c1-15-9-4-3-7-13-10-11-6-5-8-14-12(11)16-2/h5-6,8,13H,3-4,7,9-10H2,1-2H3. The van der Waals surface area contributed by atoms with Crippen molar-refractivity contribution < 1.29 is 9.47 Å². The zero-order valence-corrected chi connectivity index (χ0v) is 10.0. The molecule has 1 aromatic heterocycles. The van der Waals surface area contributed by atoms with Gasteiger partial charge in [0.2, 0.25) is 5.88 Å². The summed E-state index contributed by atoms with van der Waals surface area (Å²) in [4.78, 5) is 4.14. The maximum absolute atomic E-state index is 5.17. The van der Waals surface area contributed by atoms with Crippen molar-refractivity contribution >= 4 is 0 Å². The Morgan fingerprint density at radius 1 is 1.31 bits per heavy atom. The maximum atomic E-state index is 5.17. The molecule has 16 heavy (non-hydrogen) atoms. The molecule has 1 heterocycles. The van der Waals surface area contributed by atoms with E-state index in [0.29, 0.717) is 5.88 Å². The van der Waals surface area contributed by atoms with E-state index in [0.717, 1.165) is 38.1 Å². The molecule has 0 spiro atoms. The molecule has 0 saturated heterocycles. The molecule has 4 heteroatoms. The lowest BCUT2D eigenvalue weighted by atomic mass is 10.2. The second-order valence-electron chi connectivity index (χ2n) is 3.55. The van der Waals surface area contributed by atoms with Gasteiger partial charge in [0.05, 0.1) is 7.11 Å². The van der Waals surface area contributed by atoms with Gasteiger partial charge in [-0.25, -0.2) is 4.98 Å². The first kappa shape index (κ1) is 12.9. The molecule has 0 amide bonds. The minimum Gasteiger partial charge on any atom is -0.481 e. The van der Waals surface area contributed by atoms with Crippen LogP contribution in [-0.2, 0) is 11.3 Å². The third-order valence-corrected chi connectivity index (χ3v) is 2.31. The molecule has 0 aromatic carbocycles. The normalized spacial score (nSPS) is 10.4. The Balaban J connectivity index is 2.21. The van der Waals surface area contributed by atoms with E-state index in [9.17, 15) is 0 Å². The Bertz CT molecular complexity index is 292. The lowest BCUT2D eigenvalue weighted by molar-refractivity contribution is 0.192. The molecular weight excluding hydrogens is 204 g/mol. The lowest BCUT2D eigenvalue weighted by Gasteiger charge is -2.08. The van der Waals surface area contributed by atoms with E-state index in [2.05, 4.69) is 10.3 Å². The first-order chi connectivity index (χ1) is 7.88. The molecule has 0 aliphatic rings. The summed E-state index contributed by atoms with van der Waals surface area (Å²) < 4.78 is 10.2. The zero-order valence-electron chi connectivity index (χ0n) is 10.0. The second kappa shape index (κ2) is 8.07. The van der Waals surface area contributed by atoms with E-state index < -0.39 is 0 Å². The number of rotatable bonds is 8. The van der Waals surface area contributed by atoms with Gasteiger partial charge >= 0.3 is 0 Å². The second-order valence-corrected chi connectivity index (χ2v) is 3.55. The number of nitrogens with one attached hydrogen (secondary N) is 1. The van der Waals surface area contributed by atoms with Crippen LogP contribution >= 0.6 is 0 Å². The number of hydrogen-bond acceptors (Lipinski definition) is 4. The number of methoxy groups -OCH3 is 2. The van der Waals surface area contributed by atoms with E-state index in [1.807, 2.05) is 12.1 Å². The van der Waals surface area contributed by atoms with Gasteiger partial charge in [-0.15, -0.1) is 0 Å². The van der Waals surface area contributed by atoms with Crippen LogP contribution in [0.5, 0.6) is 5.88 Å². The SMILES string of the molecule is COCCCCNCc1cccnc1OC. The quantitative estimate of drug-likeness (QED) is 0.681. The molecule has 1 N–H and O–H groups in total. The van der Waals surface area contributed by atoms with Gasteiger partial charge in [-0.1, -0.05) is 6.07 Å². The number of aromatic nitrogens is 1. The van der Waals surface area contributed by atoms with Gasteiger partial charge in [0, 0.05) is 32.0 Å². The van der Waals surface area contributed by atoms with Crippen molar-refractivity contribution in [2.24, 2.45) is 0 Å². The van der Waals surface area contributed by atoms with Gasteiger partial charge in [0.25, 0.3) is 0 Å². The Morgan fingerprint density at radius 2 is 2.19 bits per heavy atom. The summed E-state index contributed by atoms with van der Waals surface area (Å²) in [6.07, 6.45) is 3.95. The summed E-state index contributed by atoms with van der Waals surface area (Å²) in [6.45, 7) is 2.61. The Morgan fingerprint density at radius 3 is 2.94 bits per heavy atom. The van der Waals surface area contributed by atoms with E-state index in [-0.39, 0.29) is 0 Å². The smallest absolute Gasteiger partial charge is 0.217 e. The van der Waals surface area contributed by atoms with Crippen molar-refractivity contribution in [2.45, 2.75) is 19.4 Å². The molecule has 0 fully saturated rings. The molecule has 0 bridgehead atoms. The van der Waals surface area contributed by atoms with Crippen LogP contribution in [0.2, 0.25) is 0 Å². The molecule has 0 unspecified atom stereocenters. The zero-order chi connectivity index (χ0) is 11.6. The van der Waals surface area contributed by atoms with Crippen molar-refractivity contribution in [2.75, 3.05) is 27.4 Å². The molecule has 90 valence electrons. The van der Waals surface area contributed by atoms with Crippen LogP contribution in [0.4, 0.5) is 0 Å². The van der Waals surface area contributed by atoms with Crippen LogP contribution in [0.15, 0.2) is 18.3 Å². The Kier molecular flexibility index (Phi) is 6.53. The largest absolute Gasteiger partial charge is 0.481 e. The summed E-state index contributed by atoms with van der Waals surface area (Å²) in [7, 11) is 3.37. The minimum absolute atomic E-state index is 0.701. The minimum atomic E-state index is 0.701. The summed E-state index contributed by atoms with van der Waals surface area (Å²) in [5.41, 5.74) is 1.09. The van der Waals surface area contributed by atoms with Crippen LogP contribution in [0.3, 0.4) is 0 Å². The number of unbranched alkanes of at least 4 members (excludes halogenated alkanes) is 1. The first-order valence-electron chi connectivity index (χ1n) is 5.56. The molecule has 0 saturated carbocycles.